The summed E-state index contributed by atoms with van der Waals surface area (Å²) in [6, 6.07) is 54.1. The Morgan fingerprint density at radius 1 is 0.357 bits per heavy atom. The number of hydrogen-bond donors (Lipinski definition) is 0. The first-order chi connectivity index (χ1) is 20.9. The number of rotatable bonds is 3. The molecule has 9 rings (SSSR count). The SMILES string of the molecule is c1ccc(-c2nc3c4ccccc4c4ccccc4c3n2-c2ccc(-n3c4ccccc4c4ccccc43)cc2)cc1. The van der Waals surface area contributed by atoms with Crippen LogP contribution in [0.2, 0.25) is 0 Å². The van der Waals surface area contributed by atoms with Crippen LogP contribution in [0.5, 0.6) is 0 Å². The minimum atomic E-state index is 0.941. The molecule has 0 saturated carbocycles. The van der Waals surface area contributed by atoms with Crippen LogP contribution in [0.25, 0.3) is 77.1 Å². The van der Waals surface area contributed by atoms with Gasteiger partial charge in [-0.05, 0) is 47.2 Å². The fourth-order valence-corrected chi connectivity index (χ4v) is 6.69. The lowest BCUT2D eigenvalue weighted by Crippen LogP contribution is -2.00. The largest absolute Gasteiger partial charge is 0.309 e. The fourth-order valence-electron chi connectivity index (χ4n) is 6.69. The maximum absolute atomic E-state index is 5.35. The highest BCUT2D eigenvalue weighted by Gasteiger charge is 2.20. The fraction of sp³-hybridized carbons (Fsp3) is 0. The summed E-state index contributed by atoms with van der Waals surface area (Å²) in [5.41, 5.74) is 7.89. The predicted molar refractivity (Wildman–Crippen MR) is 176 cm³/mol. The van der Waals surface area contributed by atoms with E-state index in [1.54, 1.807) is 0 Å². The van der Waals surface area contributed by atoms with E-state index >= 15 is 0 Å². The van der Waals surface area contributed by atoms with E-state index in [0.717, 1.165) is 33.8 Å². The monoisotopic (exact) mass is 535 g/mol. The van der Waals surface area contributed by atoms with Crippen LogP contribution in [0.4, 0.5) is 0 Å². The quantitative estimate of drug-likeness (QED) is 0.206. The van der Waals surface area contributed by atoms with Gasteiger partial charge < -0.3 is 4.57 Å². The number of fused-ring (bicyclic) bond motifs is 9. The van der Waals surface area contributed by atoms with Crippen LogP contribution in [-0.2, 0) is 0 Å². The zero-order valence-corrected chi connectivity index (χ0v) is 22.8. The molecule has 0 saturated heterocycles. The van der Waals surface area contributed by atoms with Crippen LogP contribution in [0.1, 0.15) is 0 Å². The summed E-state index contributed by atoms with van der Waals surface area (Å²) in [6.07, 6.45) is 0. The first-order valence-electron chi connectivity index (χ1n) is 14.3. The molecule has 9 aromatic rings. The summed E-state index contributed by atoms with van der Waals surface area (Å²) in [5, 5.41) is 7.37. The molecule has 3 heteroatoms. The highest BCUT2D eigenvalue weighted by molar-refractivity contribution is 6.24. The molecule has 7 aromatic carbocycles. The van der Waals surface area contributed by atoms with Crippen molar-refractivity contribution in [3.05, 3.63) is 152 Å². The first kappa shape index (κ1) is 23.1. The summed E-state index contributed by atoms with van der Waals surface area (Å²) in [5.74, 6) is 0.941. The molecule has 0 unspecified atom stereocenters. The molecule has 0 amide bonds. The van der Waals surface area contributed by atoms with Crippen LogP contribution >= 0.6 is 0 Å². The van der Waals surface area contributed by atoms with Crippen molar-refractivity contribution in [3.63, 3.8) is 0 Å². The zero-order valence-electron chi connectivity index (χ0n) is 22.8. The first-order valence-corrected chi connectivity index (χ1v) is 14.3. The van der Waals surface area contributed by atoms with E-state index in [4.69, 9.17) is 4.98 Å². The molecule has 0 aliphatic heterocycles. The van der Waals surface area contributed by atoms with Gasteiger partial charge in [0.15, 0.2) is 0 Å². The minimum absolute atomic E-state index is 0.941. The van der Waals surface area contributed by atoms with Gasteiger partial charge in [0, 0.05) is 38.5 Å². The van der Waals surface area contributed by atoms with E-state index in [9.17, 15) is 0 Å². The maximum atomic E-state index is 5.35. The molecule has 0 atom stereocenters. The molecular weight excluding hydrogens is 510 g/mol. The highest BCUT2D eigenvalue weighted by Crippen LogP contribution is 2.39. The molecular formula is C39H25N3. The van der Waals surface area contributed by atoms with Crippen molar-refractivity contribution in [2.75, 3.05) is 0 Å². The lowest BCUT2D eigenvalue weighted by atomic mass is 10.00. The molecule has 0 N–H and O–H groups in total. The maximum Gasteiger partial charge on any atom is 0.145 e. The molecule has 0 radical (unpaired) electrons. The second kappa shape index (κ2) is 8.92. The minimum Gasteiger partial charge on any atom is -0.309 e. The van der Waals surface area contributed by atoms with Crippen LogP contribution < -0.4 is 0 Å². The van der Waals surface area contributed by atoms with E-state index in [0.29, 0.717) is 0 Å². The third kappa shape index (κ3) is 3.25. The van der Waals surface area contributed by atoms with Crippen LogP contribution in [0, 0.1) is 0 Å². The van der Waals surface area contributed by atoms with E-state index in [1.807, 2.05) is 0 Å². The van der Waals surface area contributed by atoms with Gasteiger partial charge in [0.25, 0.3) is 0 Å². The number of para-hydroxylation sites is 2. The summed E-state index contributed by atoms with van der Waals surface area (Å²) in [7, 11) is 0. The summed E-state index contributed by atoms with van der Waals surface area (Å²) < 4.78 is 4.70. The molecule has 0 spiro atoms. The Labute approximate surface area is 242 Å². The number of hydrogen-bond acceptors (Lipinski definition) is 1. The number of nitrogens with zero attached hydrogens (tertiary/aromatic N) is 3. The van der Waals surface area contributed by atoms with Crippen molar-refractivity contribution in [2.45, 2.75) is 0 Å². The van der Waals surface area contributed by atoms with Crippen molar-refractivity contribution in [1.82, 2.24) is 14.1 Å². The Morgan fingerprint density at radius 3 is 1.43 bits per heavy atom. The number of aromatic nitrogens is 3. The third-order valence-corrected chi connectivity index (χ3v) is 8.51. The Balaban J connectivity index is 1.35. The highest BCUT2D eigenvalue weighted by atomic mass is 15.1. The van der Waals surface area contributed by atoms with Gasteiger partial charge in [-0.25, -0.2) is 4.98 Å². The third-order valence-electron chi connectivity index (χ3n) is 8.51. The molecule has 2 heterocycles. The zero-order chi connectivity index (χ0) is 27.6. The van der Waals surface area contributed by atoms with Gasteiger partial charge in [0.2, 0.25) is 0 Å². The van der Waals surface area contributed by atoms with Gasteiger partial charge in [-0.2, -0.15) is 0 Å². The smallest absolute Gasteiger partial charge is 0.145 e. The van der Waals surface area contributed by atoms with Gasteiger partial charge in [-0.3, -0.25) is 4.57 Å². The Bertz CT molecular complexity index is 2390. The van der Waals surface area contributed by atoms with Crippen molar-refractivity contribution in [1.29, 1.82) is 0 Å². The molecule has 0 bridgehead atoms. The van der Waals surface area contributed by atoms with Crippen LogP contribution in [-0.4, -0.2) is 14.1 Å². The van der Waals surface area contributed by atoms with Crippen molar-refractivity contribution < 1.29 is 0 Å². The second-order valence-corrected chi connectivity index (χ2v) is 10.8. The van der Waals surface area contributed by atoms with Gasteiger partial charge in [-0.15, -0.1) is 0 Å². The topological polar surface area (TPSA) is 22.8 Å². The van der Waals surface area contributed by atoms with E-state index in [-0.39, 0.29) is 0 Å². The average Bonchev–Trinajstić information content (AvgIpc) is 3.63. The van der Waals surface area contributed by atoms with Crippen molar-refractivity contribution >= 4 is 54.4 Å². The molecule has 196 valence electrons. The second-order valence-electron chi connectivity index (χ2n) is 10.8. The molecule has 3 nitrogen and oxygen atoms in total. The van der Waals surface area contributed by atoms with Gasteiger partial charge in [0.1, 0.15) is 5.82 Å². The molecule has 2 aromatic heterocycles. The van der Waals surface area contributed by atoms with Crippen molar-refractivity contribution in [2.24, 2.45) is 0 Å². The van der Waals surface area contributed by atoms with Gasteiger partial charge in [0.05, 0.1) is 22.1 Å². The Hall–Kier alpha value is -5.67. The molecule has 42 heavy (non-hydrogen) atoms. The summed E-state index contributed by atoms with van der Waals surface area (Å²) in [6.45, 7) is 0. The van der Waals surface area contributed by atoms with E-state index in [1.165, 1.54) is 43.4 Å². The van der Waals surface area contributed by atoms with E-state index < -0.39 is 0 Å². The lowest BCUT2D eigenvalue weighted by Gasteiger charge is -2.14. The number of benzene rings is 7. The summed E-state index contributed by atoms with van der Waals surface area (Å²) >= 11 is 0. The Kier molecular flexibility index (Phi) is 4.90. The van der Waals surface area contributed by atoms with Gasteiger partial charge >= 0.3 is 0 Å². The van der Waals surface area contributed by atoms with E-state index in [2.05, 4.69) is 161 Å². The summed E-state index contributed by atoms with van der Waals surface area (Å²) in [4.78, 5) is 5.35. The van der Waals surface area contributed by atoms with Crippen LogP contribution in [0.15, 0.2) is 152 Å². The standard InChI is InChI=1S/C39H25N3/c1-2-12-26(13-3-1)39-40-37-33-18-6-4-14-29(33)30-15-5-7-19-34(30)38(37)42(39)28-24-22-27(23-25-28)41-35-20-10-8-16-31(35)32-17-9-11-21-36(32)41/h1-25H. The predicted octanol–water partition coefficient (Wildman–Crippen LogP) is 10.1. The molecule has 0 aliphatic carbocycles. The molecule has 0 fully saturated rings. The van der Waals surface area contributed by atoms with Crippen molar-refractivity contribution in [3.8, 4) is 22.8 Å². The normalized spacial score (nSPS) is 11.8. The Morgan fingerprint density at radius 2 is 0.810 bits per heavy atom. The number of imidazole rings is 1. The lowest BCUT2D eigenvalue weighted by molar-refractivity contribution is 1.10. The average molecular weight is 536 g/mol. The molecule has 0 aliphatic rings. The van der Waals surface area contributed by atoms with Gasteiger partial charge in [-0.1, -0.05) is 115 Å². The van der Waals surface area contributed by atoms with Crippen LogP contribution in [0.3, 0.4) is 0 Å².